The minimum Gasteiger partial charge on any atom is -0.393 e. The first kappa shape index (κ1) is 12.3. The zero-order chi connectivity index (χ0) is 11.4. The second-order valence-corrected chi connectivity index (χ2v) is 5.53. The van der Waals surface area contributed by atoms with Crippen LogP contribution in [0.2, 0.25) is 0 Å². The lowest BCUT2D eigenvalue weighted by molar-refractivity contribution is 0.0479. The maximum atomic E-state index is 5.75. The molecule has 3 nitrogen and oxygen atoms in total. The molecule has 4 heteroatoms. The van der Waals surface area contributed by atoms with Gasteiger partial charge in [-0.2, -0.15) is 0 Å². The van der Waals surface area contributed by atoms with Gasteiger partial charge in [-0.25, -0.2) is 0 Å². The molecule has 2 saturated heterocycles. The minimum atomic E-state index is 0.448. The smallest absolute Gasteiger partial charge is 0.0771 e. The van der Waals surface area contributed by atoms with Crippen LogP contribution in [0, 0.1) is 11.8 Å². The van der Waals surface area contributed by atoms with Crippen molar-refractivity contribution in [1.82, 2.24) is 4.90 Å². The summed E-state index contributed by atoms with van der Waals surface area (Å²) in [5.74, 6) is 1.27. The van der Waals surface area contributed by atoms with Crippen LogP contribution in [0.15, 0.2) is 0 Å². The summed E-state index contributed by atoms with van der Waals surface area (Å²) in [6.45, 7) is 5.39. The van der Waals surface area contributed by atoms with Crippen molar-refractivity contribution in [3.05, 3.63) is 0 Å². The van der Waals surface area contributed by atoms with E-state index in [1.165, 1.54) is 38.8 Å². The summed E-state index contributed by atoms with van der Waals surface area (Å²) in [6.07, 6.45) is 4.85. The normalized spacial score (nSPS) is 29.1. The zero-order valence-electron chi connectivity index (χ0n) is 9.86. The van der Waals surface area contributed by atoms with Gasteiger partial charge in [0, 0.05) is 32.2 Å². The van der Waals surface area contributed by atoms with Gasteiger partial charge in [-0.3, -0.25) is 0 Å². The summed E-state index contributed by atoms with van der Waals surface area (Å²) in [4.78, 5) is 3.25. The molecular weight excluding hydrogens is 220 g/mol. The molecule has 2 fully saturated rings. The Hall–Kier alpha value is -0.190. The molecule has 0 saturated carbocycles. The third-order valence-corrected chi connectivity index (χ3v) is 4.10. The molecule has 1 atom stereocenters. The molecule has 0 radical (unpaired) electrons. The van der Waals surface area contributed by atoms with Crippen LogP contribution in [0.4, 0.5) is 0 Å². The molecule has 0 amide bonds. The van der Waals surface area contributed by atoms with Crippen LogP contribution >= 0.6 is 12.2 Å². The molecule has 0 bridgehead atoms. The molecule has 2 N–H and O–H groups in total. The summed E-state index contributed by atoms with van der Waals surface area (Å²) >= 11 is 5.10. The van der Waals surface area contributed by atoms with E-state index in [1.807, 2.05) is 0 Å². The summed E-state index contributed by atoms with van der Waals surface area (Å²) in [5, 5.41) is 0. The number of nitrogens with two attached hydrogens (primary N) is 1. The minimum absolute atomic E-state index is 0.448. The van der Waals surface area contributed by atoms with Crippen LogP contribution in [-0.2, 0) is 4.74 Å². The average molecular weight is 242 g/mol. The first-order chi connectivity index (χ1) is 7.75. The SMILES string of the molecule is NC(=S)C1CCCN(CC2CCOCC2)C1. The number of thiocarbonyl (C=S) groups is 1. The molecule has 0 aliphatic carbocycles. The Kier molecular flexibility index (Phi) is 4.55. The maximum Gasteiger partial charge on any atom is 0.0771 e. The third-order valence-electron chi connectivity index (χ3n) is 3.77. The van der Waals surface area contributed by atoms with Gasteiger partial charge in [0.15, 0.2) is 0 Å². The monoisotopic (exact) mass is 242 g/mol. The first-order valence-corrected chi connectivity index (χ1v) is 6.76. The molecule has 2 heterocycles. The van der Waals surface area contributed by atoms with Crippen molar-refractivity contribution >= 4 is 17.2 Å². The molecule has 0 aromatic rings. The Labute approximate surface area is 103 Å². The molecule has 16 heavy (non-hydrogen) atoms. The quantitative estimate of drug-likeness (QED) is 0.760. The van der Waals surface area contributed by atoms with E-state index in [-0.39, 0.29) is 0 Å². The second kappa shape index (κ2) is 5.94. The number of piperidine rings is 1. The third kappa shape index (κ3) is 3.40. The van der Waals surface area contributed by atoms with Crippen LogP contribution in [0.3, 0.4) is 0 Å². The van der Waals surface area contributed by atoms with Gasteiger partial charge in [-0.05, 0) is 38.1 Å². The highest BCUT2D eigenvalue weighted by Gasteiger charge is 2.24. The molecule has 0 spiro atoms. The lowest BCUT2D eigenvalue weighted by Gasteiger charge is -2.35. The second-order valence-electron chi connectivity index (χ2n) is 5.06. The predicted molar refractivity (Wildman–Crippen MR) is 69.5 cm³/mol. The molecule has 92 valence electrons. The summed E-state index contributed by atoms with van der Waals surface area (Å²) in [5.41, 5.74) is 5.75. The predicted octanol–water partition coefficient (Wildman–Crippen LogP) is 1.41. The largest absolute Gasteiger partial charge is 0.393 e. The molecule has 0 aromatic heterocycles. The van der Waals surface area contributed by atoms with E-state index < -0.39 is 0 Å². The number of nitrogens with zero attached hydrogens (tertiary/aromatic N) is 1. The maximum absolute atomic E-state index is 5.75. The first-order valence-electron chi connectivity index (χ1n) is 6.35. The van der Waals surface area contributed by atoms with Crippen molar-refractivity contribution in [3.8, 4) is 0 Å². The molecule has 0 aromatic carbocycles. The fourth-order valence-electron chi connectivity index (χ4n) is 2.75. The number of hydrogen-bond acceptors (Lipinski definition) is 3. The van der Waals surface area contributed by atoms with Crippen molar-refractivity contribution in [2.45, 2.75) is 25.7 Å². The Bertz CT molecular complexity index is 241. The number of hydrogen-bond donors (Lipinski definition) is 1. The van der Waals surface area contributed by atoms with Crippen LogP contribution < -0.4 is 5.73 Å². The Morgan fingerprint density at radius 2 is 2.06 bits per heavy atom. The lowest BCUT2D eigenvalue weighted by Crippen LogP contribution is -2.43. The van der Waals surface area contributed by atoms with Crippen molar-refractivity contribution in [2.75, 3.05) is 32.8 Å². The molecular formula is C12H22N2OS. The van der Waals surface area contributed by atoms with Crippen LogP contribution in [0.5, 0.6) is 0 Å². The van der Waals surface area contributed by atoms with Gasteiger partial charge >= 0.3 is 0 Å². The summed E-state index contributed by atoms with van der Waals surface area (Å²) in [7, 11) is 0. The Morgan fingerprint density at radius 1 is 1.31 bits per heavy atom. The van der Waals surface area contributed by atoms with Gasteiger partial charge in [-0.1, -0.05) is 12.2 Å². The van der Waals surface area contributed by atoms with Gasteiger partial charge < -0.3 is 15.4 Å². The van der Waals surface area contributed by atoms with Gasteiger partial charge in [0.2, 0.25) is 0 Å². The summed E-state index contributed by atoms with van der Waals surface area (Å²) < 4.78 is 5.39. The van der Waals surface area contributed by atoms with Gasteiger partial charge in [0.1, 0.15) is 0 Å². The lowest BCUT2D eigenvalue weighted by atomic mass is 9.94. The van der Waals surface area contributed by atoms with Crippen molar-refractivity contribution in [3.63, 3.8) is 0 Å². The van der Waals surface area contributed by atoms with Gasteiger partial charge in [-0.15, -0.1) is 0 Å². The molecule has 2 aliphatic heterocycles. The molecule has 2 aliphatic rings. The summed E-state index contributed by atoms with van der Waals surface area (Å²) in [6, 6.07) is 0. The topological polar surface area (TPSA) is 38.5 Å². The van der Waals surface area contributed by atoms with E-state index in [4.69, 9.17) is 22.7 Å². The fourth-order valence-corrected chi connectivity index (χ4v) is 2.94. The van der Waals surface area contributed by atoms with Crippen molar-refractivity contribution < 1.29 is 4.74 Å². The van der Waals surface area contributed by atoms with E-state index in [0.29, 0.717) is 10.9 Å². The van der Waals surface area contributed by atoms with Crippen LogP contribution in [0.25, 0.3) is 0 Å². The molecule has 1 unspecified atom stereocenters. The zero-order valence-corrected chi connectivity index (χ0v) is 10.7. The van der Waals surface area contributed by atoms with Crippen LogP contribution in [0.1, 0.15) is 25.7 Å². The highest BCUT2D eigenvalue weighted by molar-refractivity contribution is 7.80. The van der Waals surface area contributed by atoms with Gasteiger partial charge in [0.05, 0.1) is 4.99 Å². The van der Waals surface area contributed by atoms with Crippen LogP contribution in [-0.4, -0.2) is 42.7 Å². The van der Waals surface area contributed by atoms with E-state index >= 15 is 0 Å². The van der Waals surface area contributed by atoms with E-state index in [0.717, 1.165) is 25.7 Å². The van der Waals surface area contributed by atoms with E-state index in [2.05, 4.69) is 4.90 Å². The number of ether oxygens (including phenoxy) is 1. The number of rotatable bonds is 3. The van der Waals surface area contributed by atoms with Crippen molar-refractivity contribution in [2.24, 2.45) is 17.6 Å². The average Bonchev–Trinajstić information content (AvgIpc) is 2.30. The standard InChI is InChI=1S/C12H22N2OS/c13-12(16)11-2-1-5-14(9-11)8-10-3-6-15-7-4-10/h10-11H,1-9H2,(H2,13,16). The fraction of sp³-hybridized carbons (Fsp3) is 0.917. The van der Waals surface area contributed by atoms with Crippen molar-refractivity contribution in [1.29, 1.82) is 0 Å². The van der Waals surface area contributed by atoms with Gasteiger partial charge in [0.25, 0.3) is 0 Å². The Morgan fingerprint density at radius 3 is 2.75 bits per heavy atom. The number of likely N-dealkylation sites (tertiary alicyclic amines) is 1. The Balaban J connectivity index is 1.78. The highest BCUT2D eigenvalue weighted by atomic mass is 32.1. The highest BCUT2D eigenvalue weighted by Crippen LogP contribution is 2.21. The van der Waals surface area contributed by atoms with E-state index in [9.17, 15) is 0 Å². The van der Waals surface area contributed by atoms with E-state index in [1.54, 1.807) is 0 Å². The molecule has 2 rings (SSSR count).